The van der Waals surface area contributed by atoms with E-state index < -0.39 is 6.03 Å². The summed E-state index contributed by atoms with van der Waals surface area (Å²) in [5.41, 5.74) is 2.43. The van der Waals surface area contributed by atoms with E-state index in [-0.39, 0.29) is 19.2 Å². The lowest BCUT2D eigenvalue weighted by Crippen LogP contribution is -2.44. The molecule has 1 aliphatic heterocycles. The van der Waals surface area contributed by atoms with E-state index in [1.54, 1.807) is 0 Å². The number of ether oxygens (including phenoxy) is 2. The largest absolute Gasteiger partial charge is 0.454 e. The number of nitrogens with one attached hydrogen (secondary N) is 2. The van der Waals surface area contributed by atoms with Crippen molar-refractivity contribution in [2.45, 2.75) is 45.6 Å². The fraction of sp³-hybridized carbons (Fsp3) is 0.524. The molecule has 1 heterocycles. The number of likely N-dealkylation sites (N-methyl/N-ethyl adjacent to an activating group) is 1. The van der Waals surface area contributed by atoms with Crippen molar-refractivity contribution in [3.63, 3.8) is 0 Å². The first-order valence-electron chi connectivity index (χ1n) is 10.0. The van der Waals surface area contributed by atoms with Crippen molar-refractivity contribution in [2.75, 3.05) is 26.4 Å². The lowest BCUT2D eigenvalue weighted by Gasteiger charge is -2.20. The molecule has 1 aromatic carbocycles. The van der Waals surface area contributed by atoms with Gasteiger partial charge in [0.05, 0.1) is 6.54 Å². The van der Waals surface area contributed by atoms with Crippen LogP contribution in [0.25, 0.3) is 0 Å². The Bertz CT molecular complexity index is 732. The number of rotatable bonds is 8. The highest BCUT2D eigenvalue weighted by Gasteiger charge is 2.16. The first-order valence-corrected chi connectivity index (χ1v) is 10.0. The van der Waals surface area contributed by atoms with Crippen molar-refractivity contribution >= 4 is 11.9 Å². The predicted molar refractivity (Wildman–Crippen MR) is 106 cm³/mol. The predicted octanol–water partition coefficient (Wildman–Crippen LogP) is 2.95. The summed E-state index contributed by atoms with van der Waals surface area (Å²) in [5, 5.41) is 5.18. The molecule has 0 bridgehead atoms. The maximum absolute atomic E-state index is 12.2. The monoisotopic (exact) mass is 387 g/mol. The van der Waals surface area contributed by atoms with Crippen LogP contribution >= 0.6 is 0 Å². The summed E-state index contributed by atoms with van der Waals surface area (Å²) < 4.78 is 10.7. The molecule has 1 aliphatic carbocycles. The van der Waals surface area contributed by atoms with E-state index in [0.29, 0.717) is 19.6 Å². The van der Waals surface area contributed by atoms with Gasteiger partial charge >= 0.3 is 6.03 Å². The molecule has 3 amide bonds. The highest BCUT2D eigenvalue weighted by Crippen LogP contribution is 2.32. The van der Waals surface area contributed by atoms with Gasteiger partial charge in [-0.2, -0.15) is 0 Å². The number of hydrogen-bond acceptors (Lipinski definition) is 5. The molecule has 0 spiro atoms. The van der Waals surface area contributed by atoms with Crippen molar-refractivity contribution < 1.29 is 19.1 Å². The number of nitrogens with zero attached hydrogens (tertiary/aromatic N) is 1. The van der Waals surface area contributed by atoms with Crippen molar-refractivity contribution in [3.8, 4) is 11.5 Å². The molecule has 1 aromatic rings. The highest BCUT2D eigenvalue weighted by molar-refractivity contribution is 5.95. The Hall–Kier alpha value is -2.54. The van der Waals surface area contributed by atoms with Crippen LogP contribution in [0.15, 0.2) is 29.8 Å². The van der Waals surface area contributed by atoms with Gasteiger partial charge in [-0.05, 0) is 56.3 Å². The summed E-state index contributed by atoms with van der Waals surface area (Å²) in [6.45, 7) is 4.22. The molecular weight excluding hydrogens is 358 g/mol. The smallest absolute Gasteiger partial charge is 0.321 e. The molecule has 152 valence electrons. The zero-order valence-electron chi connectivity index (χ0n) is 16.5. The summed E-state index contributed by atoms with van der Waals surface area (Å²) in [5.74, 6) is 1.16. The van der Waals surface area contributed by atoms with E-state index in [9.17, 15) is 9.59 Å². The second-order valence-corrected chi connectivity index (χ2v) is 7.15. The third-order valence-corrected chi connectivity index (χ3v) is 5.03. The SMILES string of the molecule is CCN(CC(=O)NC(=O)NCCC1=CCCCC1)Cc1ccc2c(c1)OCO2. The Morgan fingerprint density at radius 1 is 1.18 bits per heavy atom. The Labute approximate surface area is 166 Å². The minimum atomic E-state index is -0.430. The number of imide groups is 1. The average molecular weight is 387 g/mol. The minimum Gasteiger partial charge on any atom is -0.454 e. The van der Waals surface area contributed by atoms with Crippen molar-refractivity contribution in [2.24, 2.45) is 0 Å². The average Bonchev–Trinajstić information content (AvgIpc) is 3.16. The number of urea groups is 1. The first-order chi connectivity index (χ1) is 13.6. The quantitative estimate of drug-likeness (QED) is 0.671. The molecule has 2 N–H and O–H groups in total. The normalized spacial score (nSPS) is 15.3. The molecule has 28 heavy (non-hydrogen) atoms. The topological polar surface area (TPSA) is 79.9 Å². The standard InChI is InChI=1S/C21H29N3O4/c1-2-24(13-17-8-9-18-19(12-17)28-15-27-18)14-20(25)23-21(26)22-11-10-16-6-4-3-5-7-16/h6,8-9,12H,2-5,7,10-11,13-15H2,1H3,(H2,22,23,25,26). The second-order valence-electron chi connectivity index (χ2n) is 7.15. The van der Waals surface area contributed by atoms with E-state index in [1.165, 1.54) is 18.4 Å². The van der Waals surface area contributed by atoms with E-state index in [4.69, 9.17) is 9.47 Å². The van der Waals surface area contributed by atoms with Crippen LogP contribution in [-0.2, 0) is 11.3 Å². The number of fused-ring (bicyclic) bond motifs is 1. The Morgan fingerprint density at radius 2 is 2.04 bits per heavy atom. The fourth-order valence-corrected chi connectivity index (χ4v) is 3.46. The molecule has 3 rings (SSSR count). The number of amides is 3. The van der Waals surface area contributed by atoms with Crippen LogP contribution in [0.2, 0.25) is 0 Å². The molecular formula is C21H29N3O4. The number of benzene rings is 1. The van der Waals surface area contributed by atoms with Gasteiger partial charge in [0, 0.05) is 13.1 Å². The summed E-state index contributed by atoms with van der Waals surface area (Å²) >= 11 is 0. The summed E-state index contributed by atoms with van der Waals surface area (Å²) in [7, 11) is 0. The van der Waals surface area contributed by atoms with E-state index in [2.05, 4.69) is 16.7 Å². The summed E-state index contributed by atoms with van der Waals surface area (Å²) in [6, 6.07) is 5.33. The maximum Gasteiger partial charge on any atom is 0.321 e. The van der Waals surface area contributed by atoms with Crippen LogP contribution < -0.4 is 20.1 Å². The second kappa shape index (κ2) is 10.1. The van der Waals surface area contributed by atoms with Crippen LogP contribution in [0.4, 0.5) is 4.79 Å². The van der Waals surface area contributed by atoms with E-state index in [1.807, 2.05) is 30.0 Å². The van der Waals surface area contributed by atoms with Gasteiger partial charge in [-0.25, -0.2) is 4.79 Å². The first kappa shape index (κ1) is 20.2. The fourth-order valence-electron chi connectivity index (χ4n) is 3.46. The number of allylic oxidation sites excluding steroid dienone is 1. The van der Waals surface area contributed by atoms with Gasteiger partial charge in [0.2, 0.25) is 12.7 Å². The van der Waals surface area contributed by atoms with Gasteiger partial charge in [0.25, 0.3) is 0 Å². The molecule has 2 aliphatic rings. The van der Waals surface area contributed by atoms with Gasteiger partial charge in [-0.1, -0.05) is 24.6 Å². The molecule has 7 heteroatoms. The molecule has 0 saturated heterocycles. The molecule has 0 aromatic heterocycles. The van der Waals surface area contributed by atoms with Gasteiger partial charge in [-0.3, -0.25) is 15.0 Å². The van der Waals surface area contributed by atoms with Crippen LogP contribution in [0.5, 0.6) is 11.5 Å². The Balaban J connectivity index is 1.39. The third kappa shape index (κ3) is 5.99. The van der Waals surface area contributed by atoms with Crippen LogP contribution in [0.1, 0.15) is 44.6 Å². The Kier molecular flexibility index (Phi) is 7.31. The lowest BCUT2D eigenvalue weighted by atomic mass is 9.97. The molecule has 0 unspecified atom stereocenters. The molecule has 7 nitrogen and oxygen atoms in total. The van der Waals surface area contributed by atoms with Crippen molar-refractivity contribution in [1.29, 1.82) is 0 Å². The van der Waals surface area contributed by atoms with Gasteiger partial charge in [0.15, 0.2) is 11.5 Å². The highest BCUT2D eigenvalue weighted by atomic mass is 16.7. The summed E-state index contributed by atoms with van der Waals surface area (Å²) in [4.78, 5) is 26.1. The molecule has 0 fully saturated rings. The zero-order chi connectivity index (χ0) is 19.8. The minimum absolute atomic E-state index is 0.156. The van der Waals surface area contributed by atoms with E-state index >= 15 is 0 Å². The number of carbonyl (C=O) groups excluding carboxylic acids is 2. The number of carbonyl (C=O) groups is 2. The molecule has 0 atom stereocenters. The van der Waals surface area contributed by atoms with Gasteiger partial charge in [0.1, 0.15) is 0 Å². The summed E-state index contributed by atoms with van der Waals surface area (Å²) in [6.07, 6.45) is 7.86. The van der Waals surface area contributed by atoms with Crippen molar-refractivity contribution in [3.05, 3.63) is 35.4 Å². The van der Waals surface area contributed by atoms with E-state index in [0.717, 1.165) is 36.3 Å². The van der Waals surface area contributed by atoms with Crippen LogP contribution in [-0.4, -0.2) is 43.3 Å². The van der Waals surface area contributed by atoms with Gasteiger partial charge in [-0.15, -0.1) is 0 Å². The van der Waals surface area contributed by atoms with Crippen LogP contribution in [0, 0.1) is 0 Å². The molecule has 0 radical (unpaired) electrons. The zero-order valence-corrected chi connectivity index (χ0v) is 16.5. The number of hydrogen-bond donors (Lipinski definition) is 2. The maximum atomic E-state index is 12.2. The van der Waals surface area contributed by atoms with Crippen molar-refractivity contribution in [1.82, 2.24) is 15.5 Å². The molecule has 0 saturated carbocycles. The Morgan fingerprint density at radius 3 is 2.82 bits per heavy atom. The van der Waals surface area contributed by atoms with Gasteiger partial charge < -0.3 is 14.8 Å². The third-order valence-electron chi connectivity index (χ3n) is 5.03. The van der Waals surface area contributed by atoms with Crippen LogP contribution in [0.3, 0.4) is 0 Å². The lowest BCUT2D eigenvalue weighted by molar-refractivity contribution is -0.121.